The predicted molar refractivity (Wildman–Crippen MR) is 113 cm³/mol. The van der Waals surface area contributed by atoms with Gasteiger partial charge in [-0.2, -0.15) is 0 Å². The Balaban J connectivity index is 1.43. The van der Waals surface area contributed by atoms with E-state index in [-0.39, 0.29) is 5.91 Å². The van der Waals surface area contributed by atoms with E-state index < -0.39 is 0 Å². The fourth-order valence-corrected chi connectivity index (χ4v) is 3.23. The number of morpholine rings is 1. The lowest BCUT2D eigenvalue weighted by molar-refractivity contribution is 0.102. The maximum Gasteiger partial charge on any atom is 0.255 e. The van der Waals surface area contributed by atoms with Crippen molar-refractivity contribution >= 4 is 33.3 Å². The van der Waals surface area contributed by atoms with Crippen LogP contribution >= 0.6 is 15.9 Å². The van der Waals surface area contributed by atoms with E-state index in [1.807, 2.05) is 48.5 Å². The molecule has 1 aliphatic rings. The molecule has 1 N–H and O–H groups in total. The minimum atomic E-state index is -0.150. The molecule has 2 heterocycles. The summed E-state index contributed by atoms with van der Waals surface area (Å²) in [7, 11) is 0. The molecule has 7 heteroatoms. The Hall–Kier alpha value is -2.77. The van der Waals surface area contributed by atoms with Gasteiger partial charge in [-0.25, -0.2) is 0 Å². The number of amides is 1. The van der Waals surface area contributed by atoms with E-state index in [1.54, 1.807) is 12.1 Å². The van der Waals surface area contributed by atoms with Crippen LogP contribution in [0.3, 0.4) is 0 Å². The van der Waals surface area contributed by atoms with Crippen LogP contribution in [-0.4, -0.2) is 42.4 Å². The first-order valence-electron chi connectivity index (χ1n) is 9.03. The number of nitrogens with zero attached hydrogens (tertiary/aromatic N) is 3. The second-order valence-electron chi connectivity index (χ2n) is 6.41. The minimum Gasteiger partial charge on any atom is -0.378 e. The van der Waals surface area contributed by atoms with Crippen molar-refractivity contribution in [2.45, 2.75) is 0 Å². The first-order valence-corrected chi connectivity index (χ1v) is 9.82. The lowest BCUT2D eigenvalue weighted by Gasteiger charge is -2.27. The quantitative estimate of drug-likeness (QED) is 0.666. The van der Waals surface area contributed by atoms with Gasteiger partial charge in [0, 0.05) is 34.4 Å². The number of hydrogen-bond donors (Lipinski definition) is 1. The number of aromatic nitrogens is 2. The van der Waals surface area contributed by atoms with Gasteiger partial charge in [0.1, 0.15) is 0 Å². The monoisotopic (exact) mass is 438 g/mol. The maximum atomic E-state index is 12.4. The molecule has 0 bridgehead atoms. The molecule has 1 saturated heterocycles. The average Bonchev–Trinajstić information content (AvgIpc) is 2.76. The molecular formula is C21H19BrN4O2. The van der Waals surface area contributed by atoms with Crippen LogP contribution in [-0.2, 0) is 4.74 Å². The van der Waals surface area contributed by atoms with Gasteiger partial charge < -0.3 is 15.0 Å². The van der Waals surface area contributed by atoms with E-state index in [0.717, 1.165) is 40.3 Å². The molecule has 4 rings (SSSR count). The number of nitrogens with one attached hydrogen (secondary N) is 1. The SMILES string of the molecule is O=C(Nc1ccc(Br)cc1)c1ccc(-c2ccc(N3CCOCC3)nn2)cc1. The summed E-state index contributed by atoms with van der Waals surface area (Å²) in [4.78, 5) is 14.6. The van der Waals surface area contributed by atoms with Crippen molar-refractivity contribution in [2.75, 3.05) is 36.5 Å². The van der Waals surface area contributed by atoms with Crippen molar-refractivity contribution in [1.29, 1.82) is 0 Å². The number of carbonyl (C=O) groups is 1. The molecule has 0 atom stereocenters. The summed E-state index contributed by atoms with van der Waals surface area (Å²) in [5, 5.41) is 11.6. The zero-order chi connectivity index (χ0) is 19.3. The molecule has 142 valence electrons. The van der Waals surface area contributed by atoms with Gasteiger partial charge >= 0.3 is 0 Å². The average molecular weight is 439 g/mol. The highest BCUT2D eigenvalue weighted by atomic mass is 79.9. The van der Waals surface area contributed by atoms with Gasteiger partial charge in [-0.05, 0) is 48.5 Å². The summed E-state index contributed by atoms with van der Waals surface area (Å²) in [5.74, 6) is 0.708. The fraction of sp³-hybridized carbons (Fsp3) is 0.190. The Morgan fingerprint density at radius 3 is 2.29 bits per heavy atom. The lowest BCUT2D eigenvalue weighted by Crippen LogP contribution is -2.36. The molecule has 1 amide bonds. The molecule has 1 aliphatic heterocycles. The number of halogens is 1. The molecule has 6 nitrogen and oxygen atoms in total. The normalized spacial score (nSPS) is 14.0. The smallest absolute Gasteiger partial charge is 0.255 e. The third-order valence-electron chi connectivity index (χ3n) is 4.53. The minimum absolute atomic E-state index is 0.150. The van der Waals surface area contributed by atoms with Crippen LogP contribution in [0.4, 0.5) is 11.5 Å². The van der Waals surface area contributed by atoms with Gasteiger partial charge in [0.25, 0.3) is 5.91 Å². The first-order chi connectivity index (χ1) is 13.7. The number of carbonyl (C=O) groups excluding carboxylic acids is 1. The molecule has 1 fully saturated rings. The molecule has 0 radical (unpaired) electrons. The Kier molecular flexibility index (Phi) is 5.64. The Morgan fingerprint density at radius 2 is 1.64 bits per heavy atom. The van der Waals surface area contributed by atoms with E-state index in [2.05, 4.69) is 36.3 Å². The zero-order valence-corrected chi connectivity index (χ0v) is 16.7. The largest absolute Gasteiger partial charge is 0.378 e. The van der Waals surface area contributed by atoms with Crippen molar-refractivity contribution in [3.05, 3.63) is 70.7 Å². The van der Waals surface area contributed by atoms with Crippen molar-refractivity contribution in [1.82, 2.24) is 10.2 Å². The van der Waals surface area contributed by atoms with Crippen molar-refractivity contribution in [3.8, 4) is 11.3 Å². The van der Waals surface area contributed by atoms with Gasteiger partial charge in [-0.1, -0.05) is 28.1 Å². The molecular weight excluding hydrogens is 420 g/mol. The lowest BCUT2D eigenvalue weighted by atomic mass is 10.1. The van der Waals surface area contributed by atoms with E-state index in [1.165, 1.54) is 0 Å². The highest BCUT2D eigenvalue weighted by molar-refractivity contribution is 9.10. The predicted octanol–water partition coefficient (Wildman–Crippen LogP) is 4.00. The topological polar surface area (TPSA) is 67.4 Å². The van der Waals surface area contributed by atoms with E-state index >= 15 is 0 Å². The molecule has 3 aromatic rings. The van der Waals surface area contributed by atoms with Gasteiger partial charge in [-0.3, -0.25) is 4.79 Å². The van der Waals surface area contributed by atoms with Gasteiger partial charge in [0.05, 0.1) is 18.9 Å². The molecule has 28 heavy (non-hydrogen) atoms. The molecule has 1 aromatic heterocycles. The van der Waals surface area contributed by atoms with E-state index in [0.29, 0.717) is 18.8 Å². The van der Waals surface area contributed by atoms with Crippen molar-refractivity contribution in [3.63, 3.8) is 0 Å². The Morgan fingerprint density at radius 1 is 0.929 bits per heavy atom. The van der Waals surface area contributed by atoms with Crippen LogP contribution in [0.2, 0.25) is 0 Å². The van der Waals surface area contributed by atoms with Crippen LogP contribution in [0, 0.1) is 0 Å². The summed E-state index contributed by atoms with van der Waals surface area (Å²) < 4.78 is 6.33. The summed E-state index contributed by atoms with van der Waals surface area (Å²) in [5.41, 5.74) is 3.03. The maximum absolute atomic E-state index is 12.4. The molecule has 0 spiro atoms. The van der Waals surface area contributed by atoms with Gasteiger partial charge in [-0.15, -0.1) is 10.2 Å². The third-order valence-corrected chi connectivity index (χ3v) is 5.06. The summed E-state index contributed by atoms with van der Waals surface area (Å²) in [6, 6.07) is 18.8. The zero-order valence-electron chi connectivity index (χ0n) is 15.1. The summed E-state index contributed by atoms with van der Waals surface area (Å²) >= 11 is 3.38. The van der Waals surface area contributed by atoms with E-state index in [9.17, 15) is 4.79 Å². The van der Waals surface area contributed by atoms with Crippen molar-refractivity contribution in [2.24, 2.45) is 0 Å². The molecule has 2 aromatic carbocycles. The number of ether oxygens (including phenoxy) is 1. The van der Waals surface area contributed by atoms with Gasteiger partial charge in [0.2, 0.25) is 0 Å². The van der Waals surface area contributed by atoms with Crippen LogP contribution < -0.4 is 10.2 Å². The number of rotatable bonds is 4. The number of hydrogen-bond acceptors (Lipinski definition) is 5. The Bertz CT molecular complexity index is 938. The molecule has 0 unspecified atom stereocenters. The second kappa shape index (κ2) is 8.50. The van der Waals surface area contributed by atoms with Crippen LogP contribution in [0.15, 0.2) is 65.1 Å². The number of anilines is 2. The highest BCUT2D eigenvalue weighted by Crippen LogP contribution is 2.21. The highest BCUT2D eigenvalue weighted by Gasteiger charge is 2.13. The van der Waals surface area contributed by atoms with Crippen LogP contribution in [0.1, 0.15) is 10.4 Å². The molecule has 0 aliphatic carbocycles. The van der Waals surface area contributed by atoms with Crippen LogP contribution in [0.25, 0.3) is 11.3 Å². The standard InChI is InChI=1S/C21H19BrN4O2/c22-17-5-7-18(8-6-17)23-21(27)16-3-1-15(2-4-16)19-9-10-20(25-24-19)26-11-13-28-14-12-26/h1-10H,11-14H2,(H,23,27). The first kappa shape index (κ1) is 18.6. The summed E-state index contributed by atoms with van der Waals surface area (Å²) in [6.45, 7) is 3.09. The number of benzene rings is 2. The van der Waals surface area contributed by atoms with Gasteiger partial charge in [0.15, 0.2) is 5.82 Å². The van der Waals surface area contributed by atoms with E-state index in [4.69, 9.17) is 4.74 Å². The summed E-state index contributed by atoms with van der Waals surface area (Å²) in [6.07, 6.45) is 0. The Labute approximate surface area is 171 Å². The second-order valence-corrected chi connectivity index (χ2v) is 7.33. The fourth-order valence-electron chi connectivity index (χ4n) is 2.97. The van der Waals surface area contributed by atoms with Crippen LogP contribution in [0.5, 0.6) is 0 Å². The third kappa shape index (κ3) is 4.37. The van der Waals surface area contributed by atoms with Crippen molar-refractivity contribution < 1.29 is 9.53 Å². The molecule has 0 saturated carbocycles.